The molecule has 9 heteroatoms. The van der Waals surface area contributed by atoms with Gasteiger partial charge in [0, 0.05) is 6.08 Å². The van der Waals surface area contributed by atoms with E-state index in [0.29, 0.717) is 11.1 Å². The maximum atomic E-state index is 13.3. The van der Waals surface area contributed by atoms with Crippen LogP contribution in [-0.2, 0) is 14.8 Å². The molecular weight excluding hydrogens is 458 g/mol. The van der Waals surface area contributed by atoms with Crippen molar-refractivity contribution in [2.24, 2.45) is 0 Å². The first-order valence-corrected chi connectivity index (χ1v) is 11.3. The van der Waals surface area contributed by atoms with Crippen molar-refractivity contribution < 1.29 is 22.0 Å². The highest BCUT2D eigenvalue weighted by molar-refractivity contribution is 7.92. The van der Waals surface area contributed by atoms with Crippen LogP contribution in [0.1, 0.15) is 24.1 Å². The molecule has 32 heavy (non-hydrogen) atoms. The fraction of sp³-hybridized carbons (Fsp3) is 0.0870. The summed E-state index contributed by atoms with van der Waals surface area (Å²) in [5.41, 5.74) is 1.29. The summed E-state index contributed by atoms with van der Waals surface area (Å²) < 4.78 is 53.9. The minimum Gasteiger partial charge on any atom is -0.346 e. The Morgan fingerprint density at radius 1 is 1.00 bits per heavy atom. The number of rotatable bonds is 7. The first-order valence-electron chi connectivity index (χ1n) is 9.46. The molecule has 0 saturated carbocycles. The van der Waals surface area contributed by atoms with Crippen LogP contribution in [0.15, 0.2) is 77.7 Å². The molecule has 0 aliphatic carbocycles. The first-order chi connectivity index (χ1) is 15.2. The van der Waals surface area contributed by atoms with Crippen molar-refractivity contribution in [3.8, 4) is 0 Å². The van der Waals surface area contributed by atoms with E-state index in [9.17, 15) is 22.0 Å². The molecule has 0 aliphatic heterocycles. The maximum absolute atomic E-state index is 13.3. The SMILES string of the molecule is CC(NC(=O)/C=C/c1ccc(S(=O)(=O)Nc2ccccc2Cl)cc1)c1ccc(F)c(F)c1. The van der Waals surface area contributed by atoms with Gasteiger partial charge in [0.05, 0.1) is 21.6 Å². The Morgan fingerprint density at radius 3 is 2.34 bits per heavy atom. The Hall–Kier alpha value is -3.23. The third-order valence-electron chi connectivity index (χ3n) is 4.54. The second-order valence-electron chi connectivity index (χ2n) is 6.89. The number of nitrogens with one attached hydrogen (secondary N) is 2. The monoisotopic (exact) mass is 476 g/mol. The van der Waals surface area contributed by atoms with Gasteiger partial charge in [-0.3, -0.25) is 9.52 Å². The summed E-state index contributed by atoms with van der Waals surface area (Å²) in [6.45, 7) is 1.64. The van der Waals surface area contributed by atoms with Gasteiger partial charge in [0.15, 0.2) is 11.6 Å². The third kappa shape index (κ3) is 5.93. The molecule has 3 rings (SSSR count). The smallest absolute Gasteiger partial charge is 0.261 e. The molecule has 0 aromatic heterocycles. The van der Waals surface area contributed by atoms with Gasteiger partial charge in [-0.1, -0.05) is 41.9 Å². The average Bonchev–Trinajstić information content (AvgIpc) is 2.76. The largest absolute Gasteiger partial charge is 0.346 e. The van der Waals surface area contributed by atoms with E-state index in [0.717, 1.165) is 12.1 Å². The van der Waals surface area contributed by atoms with Crippen LogP contribution in [0.3, 0.4) is 0 Å². The van der Waals surface area contributed by atoms with E-state index in [4.69, 9.17) is 11.6 Å². The van der Waals surface area contributed by atoms with Gasteiger partial charge in [-0.25, -0.2) is 17.2 Å². The zero-order valence-electron chi connectivity index (χ0n) is 16.8. The van der Waals surface area contributed by atoms with Crippen LogP contribution in [0.5, 0.6) is 0 Å². The van der Waals surface area contributed by atoms with E-state index in [2.05, 4.69) is 10.0 Å². The zero-order valence-corrected chi connectivity index (χ0v) is 18.4. The number of halogens is 3. The summed E-state index contributed by atoms with van der Waals surface area (Å²) in [7, 11) is -3.83. The van der Waals surface area contributed by atoms with Crippen molar-refractivity contribution in [1.82, 2.24) is 5.32 Å². The van der Waals surface area contributed by atoms with Gasteiger partial charge in [-0.2, -0.15) is 0 Å². The maximum Gasteiger partial charge on any atom is 0.261 e. The van der Waals surface area contributed by atoms with Gasteiger partial charge in [0.1, 0.15) is 0 Å². The van der Waals surface area contributed by atoms with Crippen LogP contribution in [0, 0.1) is 11.6 Å². The normalized spacial score (nSPS) is 12.5. The van der Waals surface area contributed by atoms with E-state index >= 15 is 0 Å². The molecule has 0 aliphatic rings. The molecule has 1 unspecified atom stereocenters. The topological polar surface area (TPSA) is 75.3 Å². The van der Waals surface area contributed by atoms with Gasteiger partial charge < -0.3 is 5.32 Å². The number of amides is 1. The van der Waals surface area contributed by atoms with Crippen molar-refractivity contribution in [2.75, 3.05) is 4.72 Å². The molecule has 3 aromatic carbocycles. The Kier molecular flexibility index (Phi) is 7.27. The quantitative estimate of drug-likeness (QED) is 0.454. The second-order valence-corrected chi connectivity index (χ2v) is 8.98. The molecule has 0 spiro atoms. The first kappa shape index (κ1) is 23.4. The van der Waals surface area contributed by atoms with Gasteiger partial charge in [-0.15, -0.1) is 0 Å². The highest BCUT2D eigenvalue weighted by Gasteiger charge is 2.15. The minimum atomic E-state index is -3.83. The van der Waals surface area contributed by atoms with Crippen LogP contribution in [-0.4, -0.2) is 14.3 Å². The van der Waals surface area contributed by atoms with E-state index in [-0.39, 0.29) is 15.6 Å². The molecule has 166 valence electrons. The molecule has 0 bridgehead atoms. The van der Waals surface area contributed by atoms with E-state index in [1.165, 1.54) is 30.4 Å². The van der Waals surface area contributed by atoms with Gasteiger partial charge in [0.25, 0.3) is 10.0 Å². The van der Waals surface area contributed by atoms with Gasteiger partial charge >= 0.3 is 0 Å². The predicted molar refractivity (Wildman–Crippen MR) is 121 cm³/mol. The lowest BCUT2D eigenvalue weighted by Gasteiger charge is -2.13. The summed E-state index contributed by atoms with van der Waals surface area (Å²) in [6.07, 6.45) is 2.77. The fourth-order valence-corrected chi connectivity index (χ4v) is 4.12. The second kappa shape index (κ2) is 9.93. The number of benzene rings is 3. The van der Waals surface area contributed by atoms with Gasteiger partial charge in [0.2, 0.25) is 5.91 Å². The predicted octanol–water partition coefficient (Wildman–Crippen LogP) is 5.31. The van der Waals surface area contributed by atoms with Crippen molar-refractivity contribution >= 4 is 39.3 Å². The third-order valence-corrected chi connectivity index (χ3v) is 6.25. The molecule has 0 heterocycles. The number of hydrogen-bond donors (Lipinski definition) is 2. The molecule has 0 radical (unpaired) electrons. The summed E-state index contributed by atoms with van der Waals surface area (Å²) >= 11 is 5.99. The lowest BCUT2D eigenvalue weighted by atomic mass is 10.1. The van der Waals surface area contributed by atoms with E-state index in [1.54, 1.807) is 43.3 Å². The van der Waals surface area contributed by atoms with Crippen molar-refractivity contribution in [1.29, 1.82) is 0 Å². The summed E-state index contributed by atoms with van der Waals surface area (Å²) in [5.74, 6) is -2.39. The molecule has 2 N–H and O–H groups in total. The molecule has 1 atom stereocenters. The van der Waals surface area contributed by atoms with Crippen LogP contribution in [0.25, 0.3) is 6.08 Å². The number of hydrogen-bond acceptors (Lipinski definition) is 3. The van der Waals surface area contributed by atoms with Crippen molar-refractivity contribution in [3.05, 3.63) is 101 Å². The molecule has 5 nitrogen and oxygen atoms in total. The van der Waals surface area contributed by atoms with Crippen LogP contribution < -0.4 is 10.0 Å². The number of anilines is 1. The highest BCUT2D eigenvalue weighted by atomic mass is 35.5. The summed E-state index contributed by atoms with van der Waals surface area (Å²) in [6, 6.07) is 15.3. The standard InChI is InChI=1S/C23H19ClF2N2O3S/c1-15(17-9-12-20(25)21(26)14-17)27-23(29)13-8-16-6-10-18(11-7-16)32(30,31)28-22-5-3-2-4-19(22)24/h2-15,28H,1H3,(H,27,29)/b13-8+. The van der Waals surface area contributed by atoms with Crippen molar-refractivity contribution in [2.45, 2.75) is 17.9 Å². The summed E-state index contributed by atoms with van der Waals surface area (Å²) in [4.78, 5) is 12.2. The van der Waals surface area contributed by atoms with Gasteiger partial charge in [-0.05, 0) is 60.5 Å². The number of para-hydroxylation sites is 1. The fourth-order valence-electron chi connectivity index (χ4n) is 2.80. The zero-order chi connectivity index (χ0) is 23.3. The lowest BCUT2D eigenvalue weighted by molar-refractivity contribution is -0.117. The van der Waals surface area contributed by atoms with Crippen molar-refractivity contribution in [3.63, 3.8) is 0 Å². The molecular formula is C23H19ClF2N2O3S. The highest BCUT2D eigenvalue weighted by Crippen LogP contribution is 2.24. The van der Waals surface area contributed by atoms with Crippen LogP contribution in [0.4, 0.5) is 14.5 Å². The number of sulfonamides is 1. The average molecular weight is 477 g/mol. The molecule has 3 aromatic rings. The number of carbonyl (C=O) groups is 1. The Labute approximate surface area is 189 Å². The molecule has 1 amide bonds. The minimum absolute atomic E-state index is 0.0333. The Morgan fingerprint density at radius 2 is 1.69 bits per heavy atom. The summed E-state index contributed by atoms with van der Waals surface area (Å²) in [5, 5.41) is 2.93. The Balaban J connectivity index is 1.63. The van der Waals surface area contributed by atoms with Crippen LogP contribution >= 0.6 is 11.6 Å². The number of carbonyl (C=O) groups excluding carboxylic acids is 1. The molecule has 0 fully saturated rings. The van der Waals surface area contributed by atoms with E-state index < -0.39 is 33.6 Å². The molecule has 0 saturated heterocycles. The van der Waals surface area contributed by atoms with E-state index in [1.807, 2.05) is 0 Å². The Bertz CT molecular complexity index is 1260. The van der Waals surface area contributed by atoms with Crippen LogP contribution in [0.2, 0.25) is 5.02 Å². The lowest BCUT2D eigenvalue weighted by Crippen LogP contribution is -2.24.